The first kappa shape index (κ1) is 12.5. The Morgan fingerprint density at radius 2 is 2.33 bits per heavy atom. The summed E-state index contributed by atoms with van der Waals surface area (Å²) in [7, 11) is 1.83. The number of carbonyl (C=O) groups excluding carboxylic acids is 1. The first-order valence-electron chi connectivity index (χ1n) is 5.70. The van der Waals surface area contributed by atoms with Crippen molar-refractivity contribution in [2.45, 2.75) is 6.42 Å². The van der Waals surface area contributed by atoms with E-state index in [2.05, 4.69) is 10.3 Å². The first-order chi connectivity index (χ1) is 8.63. The highest BCUT2D eigenvalue weighted by atomic mass is 19.1. The standard InChI is InChI=1S/C12H15FN4O/c1-17-9-4-2-3-8(13)12(9)16-10(17)5-6-15-11(18)7-14/h2-4H,5-7,14H2,1H3,(H,15,18). The molecule has 6 heteroatoms. The Morgan fingerprint density at radius 3 is 3.00 bits per heavy atom. The van der Waals surface area contributed by atoms with Crippen LogP contribution >= 0.6 is 0 Å². The molecule has 0 aliphatic rings. The molecule has 18 heavy (non-hydrogen) atoms. The highest BCUT2D eigenvalue weighted by molar-refractivity contribution is 5.78. The van der Waals surface area contributed by atoms with Crippen LogP contribution in [0, 0.1) is 5.82 Å². The molecule has 1 aromatic carbocycles. The Balaban J connectivity index is 2.16. The van der Waals surface area contributed by atoms with E-state index in [1.807, 2.05) is 17.7 Å². The Labute approximate surface area is 104 Å². The number of para-hydroxylation sites is 1. The lowest BCUT2D eigenvalue weighted by molar-refractivity contribution is -0.119. The van der Waals surface area contributed by atoms with Gasteiger partial charge in [-0.05, 0) is 12.1 Å². The molecule has 0 saturated carbocycles. The smallest absolute Gasteiger partial charge is 0.233 e. The molecule has 0 spiro atoms. The summed E-state index contributed by atoms with van der Waals surface area (Å²) < 4.78 is 15.3. The minimum Gasteiger partial charge on any atom is -0.355 e. The van der Waals surface area contributed by atoms with E-state index in [4.69, 9.17) is 5.73 Å². The van der Waals surface area contributed by atoms with Crippen molar-refractivity contribution < 1.29 is 9.18 Å². The first-order valence-corrected chi connectivity index (χ1v) is 5.70. The number of nitrogens with two attached hydrogens (primary N) is 1. The summed E-state index contributed by atoms with van der Waals surface area (Å²) in [5.74, 6) is 0.188. The third-order valence-corrected chi connectivity index (χ3v) is 2.81. The lowest BCUT2D eigenvalue weighted by Gasteiger charge is -2.03. The lowest BCUT2D eigenvalue weighted by Crippen LogP contribution is -2.32. The fourth-order valence-electron chi connectivity index (χ4n) is 1.84. The molecule has 0 fully saturated rings. The van der Waals surface area contributed by atoms with Gasteiger partial charge in [0.15, 0.2) is 5.82 Å². The molecular weight excluding hydrogens is 235 g/mol. The van der Waals surface area contributed by atoms with E-state index in [0.717, 1.165) is 11.3 Å². The van der Waals surface area contributed by atoms with Crippen LogP contribution in [0.4, 0.5) is 4.39 Å². The van der Waals surface area contributed by atoms with Gasteiger partial charge in [-0.1, -0.05) is 6.07 Å². The zero-order valence-corrected chi connectivity index (χ0v) is 10.1. The number of nitrogens with one attached hydrogen (secondary N) is 1. The maximum absolute atomic E-state index is 13.5. The molecule has 0 atom stereocenters. The van der Waals surface area contributed by atoms with Crippen molar-refractivity contribution in [3.63, 3.8) is 0 Å². The number of halogens is 1. The predicted molar refractivity (Wildman–Crippen MR) is 66.4 cm³/mol. The number of aryl methyl sites for hydroxylation is 1. The molecule has 3 N–H and O–H groups in total. The monoisotopic (exact) mass is 250 g/mol. The molecule has 0 radical (unpaired) electrons. The van der Waals surface area contributed by atoms with Crippen LogP contribution in [-0.2, 0) is 18.3 Å². The highest BCUT2D eigenvalue weighted by Crippen LogP contribution is 2.17. The number of amides is 1. The van der Waals surface area contributed by atoms with E-state index in [0.29, 0.717) is 18.5 Å². The number of carbonyl (C=O) groups is 1. The normalized spacial score (nSPS) is 10.8. The van der Waals surface area contributed by atoms with Crippen molar-refractivity contribution in [3.8, 4) is 0 Å². The Morgan fingerprint density at radius 1 is 1.56 bits per heavy atom. The summed E-state index contributed by atoms with van der Waals surface area (Å²) in [5, 5.41) is 2.66. The van der Waals surface area contributed by atoms with Gasteiger partial charge in [0.2, 0.25) is 5.91 Å². The Bertz CT molecular complexity index is 579. The van der Waals surface area contributed by atoms with Gasteiger partial charge >= 0.3 is 0 Å². The number of hydrogen-bond acceptors (Lipinski definition) is 3. The SMILES string of the molecule is Cn1c(CCNC(=O)CN)nc2c(F)cccc21. The van der Waals surface area contributed by atoms with Crippen molar-refractivity contribution in [2.75, 3.05) is 13.1 Å². The zero-order valence-electron chi connectivity index (χ0n) is 10.1. The van der Waals surface area contributed by atoms with Gasteiger partial charge < -0.3 is 15.6 Å². The van der Waals surface area contributed by atoms with E-state index in [1.165, 1.54) is 6.07 Å². The van der Waals surface area contributed by atoms with Crippen LogP contribution < -0.4 is 11.1 Å². The molecule has 0 unspecified atom stereocenters. The van der Waals surface area contributed by atoms with E-state index < -0.39 is 0 Å². The van der Waals surface area contributed by atoms with Gasteiger partial charge in [-0.2, -0.15) is 0 Å². The van der Waals surface area contributed by atoms with E-state index >= 15 is 0 Å². The molecule has 5 nitrogen and oxygen atoms in total. The van der Waals surface area contributed by atoms with Crippen LogP contribution in [0.2, 0.25) is 0 Å². The van der Waals surface area contributed by atoms with Crippen molar-refractivity contribution in [1.29, 1.82) is 0 Å². The summed E-state index contributed by atoms with van der Waals surface area (Å²) >= 11 is 0. The molecule has 1 heterocycles. The number of aromatic nitrogens is 2. The Kier molecular flexibility index (Phi) is 3.57. The maximum atomic E-state index is 13.5. The third-order valence-electron chi connectivity index (χ3n) is 2.81. The second-order valence-corrected chi connectivity index (χ2v) is 4.00. The number of rotatable bonds is 4. The average Bonchev–Trinajstić information content (AvgIpc) is 2.69. The number of nitrogens with zero attached hydrogens (tertiary/aromatic N) is 2. The minimum atomic E-state index is -0.333. The molecule has 0 aliphatic carbocycles. The predicted octanol–water partition coefficient (Wildman–Crippen LogP) is 0.330. The highest BCUT2D eigenvalue weighted by Gasteiger charge is 2.10. The largest absolute Gasteiger partial charge is 0.355 e. The van der Waals surface area contributed by atoms with E-state index in [-0.39, 0.29) is 18.3 Å². The van der Waals surface area contributed by atoms with Crippen molar-refractivity contribution in [2.24, 2.45) is 12.8 Å². The summed E-state index contributed by atoms with van der Waals surface area (Å²) in [4.78, 5) is 15.2. The number of fused-ring (bicyclic) bond motifs is 1. The summed E-state index contributed by atoms with van der Waals surface area (Å²) in [6.07, 6.45) is 0.538. The third kappa shape index (κ3) is 2.33. The maximum Gasteiger partial charge on any atom is 0.233 e. The second-order valence-electron chi connectivity index (χ2n) is 4.00. The van der Waals surface area contributed by atoms with Crippen LogP contribution in [0.1, 0.15) is 5.82 Å². The number of hydrogen-bond donors (Lipinski definition) is 2. The van der Waals surface area contributed by atoms with Gasteiger partial charge in [0.1, 0.15) is 11.3 Å². The van der Waals surface area contributed by atoms with Crippen molar-refractivity contribution in [3.05, 3.63) is 29.8 Å². The molecule has 96 valence electrons. The molecule has 0 bridgehead atoms. The van der Waals surface area contributed by atoms with Crippen molar-refractivity contribution >= 4 is 16.9 Å². The van der Waals surface area contributed by atoms with Crippen LogP contribution in [0.3, 0.4) is 0 Å². The van der Waals surface area contributed by atoms with Gasteiger partial charge in [0.05, 0.1) is 12.1 Å². The number of benzene rings is 1. The van der Waals surface area contributed by atoms with Gasteiger partial charge in [0, 0.05) is 20.0 Å². The fourth-order valence-corrected chi connectivity index (χ4v) is 1.84. The molecule has 1 aromatic heterocycles. The minimum absolute atomic E-state index is 0.0306. The quantitative estimate of drug-likeness (QED) is 0.821. The zero-order chi connectivity index (χ0) is 13.1. The molecule has 0 aliphatic heterocycles. The molecular formula is C12H15FN4O. The summed E-state index contributed by atoms with van der Waals surface area (Å²) in [5.41, 5.74) is 6.29. The topological polar surface area (TPSA) is 72.9 Å². The van der Waals surface area contributed by atoms with Crippen LogP contribution in [-0.4, -0.2) is 28.5 Å². The lowest BCUT2D eigenvalue weighted by atomic mass is 10.3. The summed E-state index contributed by atoms with van der Waals surface area (Å²) in [6, 6.07) is 4.85. The molecule has 2 aromatic rings. The molecule has 0 saturated heterocycles. The van der Waals surface area contributed by atoms with Crippen molar-refractivity contribution in [1.82, 2.24) is 14.9 Å². The average molecular weight is 250 g/mol. The second kappa shape index (κ2) is 5.14. The van der Waals surface area contributed by atoms with Crippen LogP contribution in [0.15, 0.2) is 18.2 Å². The van der Waals surface area contributed by atoms with Crippen LogP contribution in [0.25, 0.3) is 11.0 Å². The van der Waals surface area contributed by atoms with Gasteiger partial charge in [-0.3, -0.25) is 4.79 Å². The molecule has 1 amide bonds. The van der Waals surface area contributed by atoms with Crippen LogP contribution in [0.5, 0.6) is 0 Å². The number of imidazole rings is 1. The van der Waals surface area contributed by atoms with Gasteiger partial charge in [-0.15, -0.1) is 0 Å². The van der Waals surface area contributed by atoms with E-state index in [9.17, 15) is 9.18 Å². The fraction of sp³-hybridized carbons (Fsp3) is 0.333. The molecule has 2 rings (SSSR count). The van der Waals surface area contributed by atoms with E-state index in [1.54, 1.807) is 6.07 Å². The summed E-state index contributed by atoms with van der Waals surface area (Å²) in [6.45, 7) is 0.409. The van der Waals surface area contributed by atoms with Gasteiger partial charge in [-0.25, -0.2) is 9.37 Å². The Hall–Kier alpha value is -1.95. The van der Waals surface area contributed by atoms with Gasteiger partial charge in [0.25, 0.3) is 0 Å².